The topological polar surface area (TPSA) is 20.3 Å². The minimum atomic E-state index is 0.00969. The molecule has 1 aliphatic carbocycles. The van der Waals surface area contributed by atoms with Crippen LogP contribution in [0.25, 0.3) is 0 Å². The maximum absolute atomic E-state index is 12.1. The second-order valence-corrected chi connectivity index (χ2v) is 5.43. The van der Waals surface area contributed by atoms with Crippen LogP contribution in [-0.2, 0) is 0 Å². The lowest BCUT2D eigenvalue weighted by molar-refractivity contribution is 0.0745. The van der Waals surface area contributed by atoms with E-state index in [2.05, 4.69) is 0 Å². The first kappa shape index (κ1) is 12.7. The maximum atomic E-state index is 12.1. The molecular formula is C13H15Cl2NO. The zero-order chi connectivity index (χ0) is 12.4. The lowest BCUT2D eigenvalue weighted by atomic mass is 9.85. The van der Waals surface area contributed by atoms with E-state index in [0.717, 1.165) is 6.54 Å². The fraction of sp³-hybridized carbons (Fsp3) is 0.462. The zero-order valence-corrected chi connectivity index (χ0v) is 11.3. The van der Waals surface area contributed by atoms with Crippen molar-refractivity contribution in [2.45, 2.75) is 19.3 Å². The molecule has 92 valence electrons. The van der Waals surface area contributed by atoms with E-state index in [9.17, 15) is 4.79 Å². The summed E-state index contributed by atoms with van der Waals surface area (Å²) < 4.78 is 0. The molecule has 0 spiro atoms. The van der Waals surface area contributed by atoms with Gasteiger partial charge in [0, 0.05) is 19.2 Å². The van der Waals surface area contributed by atoms with Gasteiger partial charge in [-0.3, -0.25) is 4.79 Å². The third kappa shape index (κ3) is 2.93. The van der Waals surface area contributed by atoms with Crippen molar-refractivity contribution in [3.8, 4) is 0 Å². The van der Waals surface area contributed by atoms with Crippen molar-refractivity contribution >= 4 is 29.1 Å². The summed E-state index contributed by atoms with van der Waals surface area (Å²) in [6.07, 6.45) is 3.76. The first-order valence-corrected chi connectivity index (χ1v) is 6.54. The zero-order valence-electron chi connectivity index (χ0n) is 9.75. The van der Waals surface area contributed by atoms with Crippen LogP contribution in [0.4, 0.5) is 0 Å². The molecule has 2 rings (SSSR count). The molecule has 1 saturated carbocycles. The summed E-state index contributed by atoms with van der Waals surface area (Å²) in [6.45, 7) is 0.832. The van der Waals surface area contributed by atoms with Crippen molar-refractivity contribution < 1.29 is 4.79 Å². The molecule has 0 bridgehead atoms. The van der Waals surface area contributed by atoms with Gasteiger partial charge in [0.1, 0.15) is 0 Å². The van der Waals surface area contributed by atoms with E-state index >= 15 is 0 Å². The van der Waals surface area contributed by atoms with Crippen LogP contribution >= 0.6 is 23.2 Å². The van der Waals surface area contributed by atoms with E-state index in [1.807, 2.05) is 7.05 Å². The highest BCUT2D eigenvalue weighted by molar-refractivity contribution is 6.42. The Morgan fingerprint density at radius 3 is 2.59 bits per heavy atom. The third-order valence-electron chi connectivity index (χ3n) is 3.27. The van der Waals surface area contributed by atoms with E-state index in [4.69, 9.17) is 23.2 Å². The van der Waals surface area contributed by atoms with Gasteiger partial charge in [0.2, 0.25) is 0 Å². The van der Waals surface area contributed by atoms with Gasteiger partial charge in [0.05, 0.1) is 10.0 Å². The van der Waals surface area contributed by atoms with Gasteiger partial charge in [-0.05, 0) is 37.0 Å². The molecule has 0 N–H and O–H groups in total. The number of carbonyl (C=O) groups is 1. The molecule has 1 aromatic rings. The van der Waals surface area contributed by atoms with Crippen molar-refractivity contribution in [1.82, 2.24) is 4.90 Å². The van der Waals surface area contributed by atoms with Crippen LogP contribution in [-0.4, -0.2) is 24.4 Å². The number of benzene rings is 1. The Bertz CT molecular complexity index is 429. The number of nitrogens with zero attached hydrogens (tertiary/aromatic N) is 1. The summed E-state index contributed by atoms with van der Waals surface area (Å²) in [6, 6.07) is 5.01. The highest BCUT2D eigenvalue weighted by Gasteiger charge is 2.22. The Balaban J connectivity index is 2.04. The normalized spacial score (nSPS) is 15.5. The second-order valence-electron chi connectivity index (χ2n) is 4.61. The summed E-state index contributed by atoms with van der Waals surface area (Å²) in [5.41, 5.74) is 0.598. The van der Waals surface area contributed by atoms with E-state index in [-0.39, 0.29) is 5.91 Å². The predicted octanol–water partition coefficient (Wildman–Crippen LogP) is 3.87. The van der Waals surface area contributed by atoms with Gasteiger partial charge in [-0.1, -0.05) is 29.6 Å². The molecular weight excluding hydrogens is 257 g/mol. The first-order valence-electron chi connectivity index (χ1n) is 5.78. The van der Waals surface area contributed by atoms with Crippen molar-refractivity contribution in [2.75, 3.05) is 13.6 Å². The number of hydrogen-bond donors (Lipinski definition) is 0. The molecule has 1 aliphatic rings. The fourth-order valence-corrected chi connectivity index (χ4v) is 2.29. The average Bonchev–Trinajstić information content (AvgIpc) is 2.26. The van der Waals surface area contributed by atoms with Crippen LogP contribution < -0.4 is 0 Å². The third-order valence-corrected chi connectivity index (χ3v) is 4.01. The number of halogens is 2. The van der Waals surface area contributed by atoms with Crippen LogP contribution in [0.5, 0.6) is 0 Å². The smallest absolute Gasteiger partial charge is 0.253 e. The molecule has 0 saturated heterocycles. The largest absolute Gasteiger partial charge is 0.341 e. The summed E-state index contributed by atoms with van der Waals surface area (Å²) in [5, 5.41) is 0.902. The highest BCUT2D eigenvalue weighted by atomic mass is 35.5. The molecule has 0 radical (unpaired) electrons. The molecule has 4 heteroatoms. The highest BCUT2D eigenvalue weighted by Crippen LogP contribution is 2.28. The summed E-state index contributed by atoms with van der Waals surface area (Å²) in [7, 11) is 1.84. The minimum Gasteiger partial charge on any atom is -0.341 e. The Morgan fingerprint density at radius 2 is 2.06 bits per heavy atom. The Kier molecular flexibility index (Phi) is 3.95. The van der Waals surface area contributed by atoms with Gasteiger partial charge in [0.25, 0.3) is 5.91 Å². The molecule has 0 aliphatic heterocycles. The van der Waals surface area contributed by atoms with Gasteiger partial charge in [-0.25, -0.2) is 0 Å². The first-order chi connectivity index (χ1) is 8.08. The summed E-state index contributed by atoms with van der Waals surface area (Å²) >= 11 is 11.7. The molecule has 0 aromatic heterocycles. The average molecular weight is 272 g/mol. The summed E-state index contributed by atoms with van der Waals surface area (Å²) in [4.78, 5) is 13.9. The molecule has 2 nitrogen and oxygen atoms in total. The van der Waals surface area contributed by atoms with Crippen LogP contribution in [0, 0.1) is 5.92 Å². The fourth-order valence-electron chi connectivity index (χ4n) is 2.00. The van der Waals surface area contributed by atoms with Crippen molar-refractivity contribution in [2.24, 2.45) is 5.92 Å². The quantitative estimate of drug-likeness (QED) is 0.818. The standard InChI is InChI=1S/C13H15Cl2NO/c1-16(8-9-3-2-4-9)13(17)10-5-6-11(14)12(15)7-10/h5-7,9H,2-4,8H2,1H3. The molecule has 1 fully saturated rings. The van der Waals surface area contributed by atoms with Crippen molar-refractivity contribution in [1.29, 1.82) is 0 Å². The monoisotopic (exact) mass is 271 g/mol. The van der Waals surface area contributed by atoms with E-state index in [1.54, 1.807) is 23.1 Å². The van der Waals surface area contributed by atoms with Crippen LogP contribution in [0.1, 0.15) is 29.6 Å². The van der Waals surface area contributed by atoms with Gasteiger partial charge < -0.3 is 4.90 Å². The minimum absolute atomic E-state index is 0.00969. The van der Waals surface area contributed by atoms with Gasteiger partial charge in [0.15, 0.2) is 0 Å². The van der Waals surface area contributed by atoms with Crippen molar-refractivity contribution in [3.63, 3.8) is 0 Å². The molecule has 17 heavy (non-hydrogen) atoms. The number of rotatable bonds is 3. The van der Waals surface area contributed by atoms with Crippen LogP contribution in [0.15, 0.2) is 18.2 Å². The van der Waals surface area contributed by atoms with E-state index in [1.165, 1.54) is 19.3 Å². The Morgan fingerprint density at radius 1 is 1.35 bits per heavy atom. The lowest BCUT2D eigenvalue weighted by Gasteiger charge is -2.30. The SMILES string of the molecule is CN(CC1CCC1)C(=O)c1ccc(Cl)c(Cl)c1. The number of carbonyl (C=O) groups excluding carboxylic acids is 1. The van der Waals surface area contributed by atoms with Crippen LogP contribution in [0.3, 0.4) is 0 Å². The predicted molar refractivity (Wildman–Crippen MR) is 70.8 cm³/mol. The van der Waals surface area contributed by atoms with E-state index < -0.39 is 0 Å². The lowest BCUT2D eigenvalue weighted by Crippen LogP contribution is -2.34. The van der Waals surface area contributed by atoms with Gasteiger partial charge in [-0.15, -0.1) is 0 Å². The molecule has 0 atom stereocenters. The maximum Gasteiger partial charge on any atom is 0.253 e. The summed E-state index contributed by atoms with van der Waals surface area (Å²) in [5.74, 6) is 0.683. The van der Waals surface area contributed by atoms with E-state index in [0.29, 0.717) is 21.5 Å². The van der Waals surface area contributed by atoms with Crippen molar-refractivity contribution in [3.05, 3.63) is 33.8 Å². The molecule has 0 unspecified atom stereocenters. The van der Waals surface area contributed by atoms with Gasteiger partial charge in [-0.2, -0.15) is 0 Å². The molecule has 1 aromatic carbocycles. The number of hydrogen-bond acceptors (Lipinski definition) is 1. The Labute approximate surface area is 112 Å². The Hall–Kier alpha value is -0.730. The van der Waals surface area contributed by atoms with Gasteiger partial charge >= 0.3 is 0 Å². The second kappa shape index (κ2) is 5.28. The molecule has 1 amide bonds. The van der Waals surface area contributed by atoms with Crippen LogP contribution in [0.2, 0.25) is 10.0 Å². The number of amides is 1. The molecule has 0 heterocycles.